The van der Waals surface area contributed by atoms with Crippen molar-refractivity contribution in [2.75, 3.05) is 0 Å². The number of nitrogens with two attached hydrogens (primary N) is 1. The molecule has 0 bridgehead atoms. The van der Waals surface area contributed by atoms with E-state index in [9.17, 15) is 0 Å². The fourth-order valence-electron chi connectivity index (χ4n) is 1.19. The normalized spacial score (nSPS) is 20.2. The molecule has 1 aromatic rings. The van der Waals surface area contributed by atoms with Crippen LogP contribution in [-0.4, -0.2) is 15.3 Å². The quantitative estimate of drug-likeness (QED) is 0.675. The molecule has 0 radical (unpaired) electrons. The fourth-order valence-corrected chi connectivity index (χ4v) is 1.19. The van der Waals surface area contributed by atoms with Gasteiger partial charge < -0.3 is 5.73 Å². The highest BCUT2D eigenvalue weighted by Crippen LogP contribution is 2.33. The predicted octanol–water partition coefficient (Wildman–Crippen LogP) is 0.683. The number of aryl methyl sites for hydroxylation is 1. The average molecular weight is 151 g/mol. The number of rotatable bonds is 2. The highest BCUT2D eigenvalue weighted by atomic mass is 15.3. The minimum Gasteiger partial charge on any atom is -0.324 e. The Morgan fingerprint density at radius 2 is 2.45 bits per heavy atom. The summed E-state index contributed by atoms with van der Waals surface area (Å²) in [7, 11) is 0. The summed E-state index contributed by atoms with van der Waals surface area (Å²) in [5, 5.41) is 4.27. The first kappa shape index (κ1) is 6.85. The van der Waals surface area contributed by atoms with E-state index in [1.54, 1.807) is 0 Å². The maximum atomic E-state index is 5.93. The molecule has 11 heavy (non-hydrogen) atoms. The zero-order chi connectivity index (χ0) is 7.90. The van der Waals surface area contributed by atoms with Crippen LogP contribution in [0.3, 0.4) is 0 Å². The summed E-state index contributed by atoms with van der Waals surface area (Å²) in [6.07, 6.45) is 4.28. The fraction of sp³-hybridized carbons (Fsp3) is 0.625. The molecule has 1 heterocycles. The number of hydrogen-bond donors (Lipinski definition) is 1. The van der Waals surface area contributed by atoms with Gasteiger partial charge in [0.2, 0.25) is 0 Å². The van der Waals surface area contributed by atoms with E-state index in [0.29, 0.717) is 0 Å². The van der Waals surface area contributed by atoms with Crippen LogP contribution in [-0.2, 0) is 6.54 Å². The van der Waals surface area contributed by atoms with Crippen molar-refractivity contribution in [1.29, 1.82) is 0 Å². The van der Waals surface area contributed by atoms with Crippen LogP contribution in [0.15, 0.2) is 12.3 Å². The second kappa shape index (κ2) is 2.08. The molecule has 1 aliphatic rings. The van der Waals surface area contributed by atoms with Crippen molar-refractivity contribution in [1.82, 2.24) is 9.78 Å². The smallest absolute Gasteiger partial charge is 0.0593 e. The van der Waals surface area contributed by atoms with Crippen molar-refractivity contribution >= 4 is 0 Å². The molecule has 3 nitrogen and oxygen atoms in total. The van der Waals surface area contributed by atoms with Gasteiger partial charge in [-0.05, 0) is 25.8 Å². The lowest BCUT2D eigenvalue weighted by atomic mass is 10.3. The summed E-state index contributed by atoms with van der Waals surface area (Å²) in [6.45, 7) is 2.87. The van der Waals surface area contributed by atoms with Gasteiger partial charge >= 0.3 is 0 Å². The van der Waals surface area contributed by atoms with Gasteiger partial charge in [0.25, 0.3) is 0 Å². The van der Waals surface area contributed by atoms with Crippen LogP contribution in [0.5, 0.6) is 0 Å². The van der Waals surface area contributed by atoms with Crippen molar-refractivity contribution in [3.8, 4) is 0 Å². The number of nitrogens with zero attached hydrogens (tertiary/aromatic N) is 2. The summed E-state index contributed by atoms with van der Waals surface area (Å²) in [5.74, 6) is 0. The van der Waals surface area contributed by atoms with Gasteiger partial charge in [-0.2, -0.15) is 5.10 Å². The van der Waals surface area contributed by atoms with Gasteiger partial charge in [0, 0.05) is 11.7 Å². The Kier molecular flexibility index (Phi) is 1.29. The molecule has 1 fully saturated rings. The second-order valence-electron chi connectivity index (χ2n) is 3.52. The average Bonchev–Trinajstić information content (AvgIpc) is 2.49. The molecular formula is C8H13N3. The molecule has 0 unspecified atom stereocenters. The van der Waals surface area contributed by atoms with Gasteiger partial charge in [-0.25, -0.2) is 0 Å². The second-order valence-corrected chi connectivity index (χ2v) is 3.52. The highest BCUT2D eigenvalue weighted by Gasteiger charge is 2.38. The molecule has 0 saturated heterocycles. The maximum absolute atomic E-state index is 5.93. The first-order chi connectivity index (χ1) is 5.18. The lowest BCUT2D eigenvalue weighted by molar-refractivity contribution is 0.498. The van der Waals surface area contributed by atoms with Gasteiger partial charge in [-0.1, -0.05) is 0 Å². The SMILES string of the molecule is Cc1ccn(CC2(N)CC2)n1. The van der Waals surface area contributed by atoms with Crippen LogP contribution in [0, 0.1) is 6.92 Å². The molecule has 0 atom stereocenters. The Hall–Kier alpha value is -0.830. The van der Waals surface area contributed by atoms with Crippen LogP contribution >= 0.6 is 0 Å². The van der Waals surface area contributed by atoms with Crippen molar-refractivity contribution < 1.29 is 0 Å². The Morgan fingerprint density at radius 1 is 1.73 bits per heavy atom. The van der Waals surface area contributed by atoms with E-state index >= 15 is 0 Å². The molecule has 0 aromatic carbocycles. The molecule has 2 rings (SSSR count). The summed E-state index contributed by atoms with van der Waals surface area (Å²) >= 11 is 0. The molecule has 1 aliphatic carbocycles. The Labute approximate surface area is 66.2 Å². The van der Waals surface area contributed by atoms with Crippen molar-refractivity contribution in [3.05, 3.63) is 18.0 Å². The molecule has 2 N–H and O–H groups in total. The molecule has 60 valence electrons. The third-order valence-corrected chi connectivity index (χ3v) is 2.14. The zero-order valence-electron chi connectivity index (χ0n) is 6.75. The third-order valence-electron chi connectivity index (χ3n) is 2.14. The minimum atomic E-state index is 0.0679. The zero-order valence-corrected chi connectivity index (χ0v) is 6.75. The Bertz CT molecular complexity index is 260. The highest BCUT2D eigenvalue weighted by molar-refractivity contribution is 5.01. The first-order valence-corrected chi connectivity index (χ1v) is 3.97. The van der Waals surface area contributed by atoms with E-state index in [1.165, 1.54) is 0 Å². The van der Waals surface area contributed by atoms with Crippen LogP contribution in [0.4, 0.5) is 0 Å². The first-order valence-electron chi connectivity index (χ1n) is 3.97. The molecule has 0 aliphatic heterocycles. The standard InChI is InChI=1S/C8H13N3/c1-7-2-5-11(10-7)6-8(9)3-4-8/h2,5H,3-4,6,9H2,1H3. The van der Waals surface area contributed by atoms with Crippen LogP contribution in [0.1, 0.15) is 18.5 Å². The van der Waals surface area contributed by atoms with Gasteiger partial charge in [0.15, 0.2) is 0 Å². The van der Waals surface area contributed by atoms with Gasteiger partial charge in [0.05, 0.1) is 12.2 Å². The van der Waals surface area contributed by atoms with Crippen molar-refractivity contribution in [3.63, 3.8) is 0 Å². The molecule has 1 aromatic heterocycles. The number of hydrogen-bond acceptors (Lipinski definition) is 2. The van der Waals surface area contributed by atoms with Crippen molar-refractivity contribution in [2.24, 2.45) is 5.73 Å². The Morgan fingerprint density at radius 3 is 2.91 bits per heavy atom. The van der Waals surface area contributed by atoms with E-state index in [4.69, 9.17) is 5.73 Å². The van der Waals surface area contributed by atoms with Crippen molar-refractivity contribution in [2.45, 2.75) is 31.8 Å². The van der Waals surface area contributed by atoms with Crippen LogP contribution in [0.25, 0.3) is 0 Å². The summed E-state index contributed by atoms with van der Waals surface area (Å²) < 4.78 is 1.93. The monoisotopic (exact) mass is 151 g/mol. The topological polar surface area (TPSA) is 43.8 Å². The van der Waals surface area contributed by atoms with E-state index < -0.39 is 0 Å². The largest absolute Gasteiger partial charge is 0.324 e. The molecule has 0 amide bonds. The third kappa shape index (κ3) is 1.43. The van der Waals surface area contributed by atoms with E-state index in [0.717, 1.165) is 25.1 Å². The minimum absolute atomic E-state index is 0.0679. The molecule has 1 saturated carbocycles. The Balaban J connectivity index is 2.06. The van der Waals surface area contributed by atoms with E-state index in [2.05, 4.69) is 5.10 Å². The molecule has 3 heteroatoms. The van der Waals surface area contributed by atoms with E-state index in [-0.39, 0.29) is 5.54 Å². The lowest BCUT2D eigenvalue weighted by Crippen LogP contribution is -2.28. The molecular weight excluding hydrogens is 138 g/mol. The summed E-state index contributed by atoms with van der Waals surface area (Å²) in [4.78, 5) is 0. The van der Waals surface area contributed by atoms with Crippen LogP contribution in [0.2, 0.25) is 0 Å². The maximum Gasteiger partial charge on any atom is 0.0593 e. The summed E-state index contributed by atoms with van der Waals surface area (Å²) in [5.41, 5.74) is 7.06. The van der Waals surface area contributed by atoms with Gasteiger partial charge in [0.1, 0.15) is 0 Å². The van der Waals surface area contributed by atoms with Gasteiger partial charge in [-0.15, -0.1) is 0 Å². The lowest BCUT2D eigenvalue weighted by Gasteiger charge is -2.07. The van der Waals surface area contributed by atoms with Crippen LogP contribution < -0.4 is 5.73 Å². The predicted molar refractivity (Wildman–Crippen MR) is 43.1 cm³/mol. The number of aromatic nitrogens is 2. The van der Waals surface area contributed by atoms with E-state index in [1.807, 2.05) is 23.9 Å². The summed E-state index contributed by atoms with van der Waals surface area (Å²) in [6, 6.07) is 2.01. The van der Waals surface area contributed by atoms with Gasteiger partial charge in [-0.3, -0.25) is 4.68 Å². The molecule has 0 spiro atoms.